The SMILES string of the molecule is Fc1ccc(OC2C[C@H]3CCC[C@@H](C2)N3)cc1Cl. The van der Waals surface area contributed by atoms with Crippen molar-refractivity contribution in [3.63, 3.8) is 0 Å². The monoisotopic (exact) mass is 269 g/mol. The molecule has 1 aromatic rings. The zero-order valence-corrected chi connectivity index (χ0v) is 10.9. The first kappa shape index (κ1) is 12.2. The maximum Gasteiger partial charge on any atom is 0.142 e. The fourth-order valence-corrected chi connectivity index (χ4v) is 3.22. The normalized spacial score (nSPS) is 31.1. The van der Waals surface area contributed by atoms with Crippen LogP contribution in [0.4, 0.5) is 4.39 Å². The van der Waals surface area contributed by atoms with Gasteiger partial charge in [0.1, 0.15) is 17.7 Å². The molecule has 4 heteroatoms. The van der Waals surface area contributed by atoms with Gasteiger partial charge >= 0.3 is 0 Å². The summed E-state index contributed by atoms with van der Waals surface area (Å²) in [5.74, 6) is 0.276. The summed E-state index contributed by atoms with van der Waals surface area (Å²) in [7, 11) is 0. The van der Waals surface area contributed by atoms with Gasteiger partial charge in [-0.15, -0.1) is 0 Å². The van der Waals surface area contributed by atoms with E-state index in [9.17, 15) is 4.39 Å². The van der Waals surface area contributed by atoms with Gasteiger partial charge in [-0.25, -0.2) is 4.39 Å². The third kappa shape index (κ3) is 2.62. The van der Waals surface area contributed by atoms with E-state index < -0.39 is 5.82 Å². The van der Waals surface area contributed by atoms with E-state index in [-0.39, 0.29) is 11.1 Å². The van der Waals surface area contributed by atoms with Gasteiger partial charge in [-0.3, -0.25) is 0 Å². The molecule has 2 bridgehead atoms. The van der Waals surface area contributed by atoms with E-state index in [0.717, 1.165) is 12.8 Å². The standard InChI is InChI=1S/C14H17ClFNO/c15-13-8-11(4-5-14(13)16)18-12-6-9-2-1-3-10(7-12)17-9/h4-5,8-10,12,17H,1-3,6-7H2/t9-,10+,12?. The van der Waals surface area contributed by atoms with Crippen LogP contribution in [0, 0.1) is 5.82 Å². The van der Waals surface area contributed by atoms with Crippen molar-refractivity contribution in [2.75, 3.05) is 0 Å². The quantitative estimate of drug-likeness (QED) is 0.887. The van der Waals surface area contributed by atoms with Gasteiger partial charge in [0.25, 0.3) is 0 Å². The number of rotatable bonds is 2. The van der Waals surface area contributed by atoms with Crippen molar-refractivity contribution in [1.29, 1.82) is 0 Å². The number of ether oxygens (including phenoxy) is 1. The molecule has 2 nitrogen and oxygen atoms in total. The van der Waals surface area contributed by atoms with Gasteiger partial charge in [-0.05, 0) is 37.8 Å². The average Bonchev–Trinajstić information content (AvgIpc) is 2.33. The minimum Gasteiger partial charge on any atom is -0.490 e. The topological polar surface area (TPSA) is 21.3 Å². The van der Waals surface area contributed by atoms with Crippen LogP contribution in [-0.4, -0.2) is 18.2 Å². The molecule has 0 aromatic heterocycles. The molecule has 1 unspecified atom stereocenters. The molecule has 2 heterocycles. The number of benzene rings is 1. The summed E-state index contributed by atoms with van der Waals surface area (Å²) in [5.41, 5.74) is 0. The smallest absolute Gasteiger partial charge is 0.142 e. The van der Waals surface area contributed by atoms with Crippen LogP contribution >= 0.6 is 11.6 Å². The van der Waals surface area contributed by atoms with Crippen molar-refractivity contribution in [3.8, 4) is 5.75 Å². The van der Waals surface area contributed by atoms with Gasteiger partial charge in [0.2, 0.25) is 0 Å². The fourth-order valence-electron chi connectivity index (χ4n) is 3.05. The van der Waals surface area contributed by atoms with E-state index in [2.05, 4.69) is 5.32 Å². The summed E-state index contributed by atoms with van der Waals surface area (Å²) in [6, 6.07) is 5.74. The maximum atomic E-state index is 13.1. The van der Waals surface area contributed by atoms with Gasteiger partial charge in [0, 0.05) is 18.2 Å². The van der Waals surface area contributed by atoms with Crippen LogP contribution in [0.25, 0.3) is 0 Å². The van der Waals surface area contributed by atoms with E-state index in [4.69, 9.17) is 16.3 Å². The highest BCUT2D eigenvalue weighted by atomic mass is 35.5. The molecule has 1 aromatic carbocycles. The Balaban J connectivity index is 1.67. The lowest BCUT2D eigenvalue weighted by Crippen LogP contribution is -2.51. The van der Waals surface area contributed by atoms with Crippen LogP contribution < -0.4 is 10.1 Å². The molecule has 0 saturated carbocycles. The fraction of sp³-hybridized carbons (Fsp3) is 0.571. The zero-order valence-electron chi connectivity index (χ0n) is 10.2. The lowest BCUT2D eigenvalue weighted by molar-refractivity contribution is 0.0927. The Labute approximate surface area is 111 Å². The number of nitrogens with one attached hydrogen (secondary N) is 1. The second-order valence-corrected chi connectivity index (χ2v) is 5.69. The molecule has 98 valence electrons. The minimum atomic E-state index is -0.397. The molecule has 2 fully saturated rings. The summed E-state index contributed by atoms with van der Waals surface area (Å²) >= 11 is 5.76. The molecule has 3 atom stereocenters. The molecule has 0 spiro atoms. The highest BCUT2D eigenvalue weighted by Gasteiger charge is 2.32. The number of halogens is 2. The lowest BCUT2D eigenvalue weighted by Gasteiger charge is -2.40. The number of fused-ring (bicyclic) bond motifs is 2. The zero-order chi connectivity index (χ0) is 12.5. The van der Waals surface area contributed by atoms with Crippen molar-refractivity contribution in [1.82, 2.24) is 5.32 Å². The molecule has 0 aliphatic carbocycles. The van der Waals surface area contributed by atoms with Gasteiger partial charge < -0.3 is 10.1 Å². The van der Waals surface area contributed by atoms with Crippen LogP contribution in [0.2, 0.25) is 5.02 Å². The van der Waals surface area contributed by atoms with Crippen LogP contribution in [0.15, 0.2) is 18.2 Å². The second-order valence-electron chi connectivity index (χ2n) is 5.28. The molecule has 3 rings (SSSR count). The van der Waals surface area contributed by atoms with Crippen molar-refractivity contribution >= 4 is 11.6 Å². The Morgan fingerprint density at radius 2 is 1.94 bits per heavy atom. The summed E-state index contributed by atoms with van der Waals surface area (Å²) in [6.45, 7) is 0. The van der Waals surface area contributed by atoms with Crippen molar-refractivity contribution in [3.05, 3.63) is 29.0 Å². The highest BCUT2D eigenvalue weighted by molar-refractivity contribution is 6.30. The first-order chi connectivity index (χ1) is 8.70. The predicted octanol–water partition coefficient (Wildman–Crippen LogP) is 3.53. The van der Waals surface area contributed by atoms with Gasteiger partial charge in [0.05, 0.1) is 5.02 Å². The van der Waals surface area contributed by atoms with Gasteiger partial charge in [-0.2, -0.15) is 0 Å². The molecular weight excluding hydrogens is 253 g/mol. The second kappa shape index (κ2) is 5.06. The van der Waals surface area contributed by atoms with Crippen molar-refractivity contribution in [2.24, 2.45) is 0 Å². The lowest BCUT2D eigenvalue weighted by atomic mass is 9.85. The van der Waals surface area contributed by atoms with Crippen molar-refractivity contribution in [2.45, 2.75) is 50.3 Å². The molecular formula is C14H17ClFNO. The van der Waals surface area contributed by atoms with Gasteiger partial charge in [-0.1, -0.05) is 18.0 Å². The van der Waals surface area contributed by atoms with Crippen LogP contribution in [0.1, 0.15) is 32.1 Å². The van der Waals surface area contributed by atoms with E-state index in [1.54, 1.807) is 12.1 Å². The summed E-state index contributed by atoms with van der Waals surface area (Å²) < 4.78 is 19.0. The van der Waals surface area contributed by atoms with Crippen molar-refractivity contribution < 1.29 is 9.13 Å². The Morgan fingerprint density at radius 1 is 1.22 bits per heavy atom. The van der Waals surface area contributed by atoms with E-state index >= 15 is 0 Å². The maximum absolute atomic E-state index is 13.1. The first-order valence-electron chi connectivity index (χ1n) is 6.58. The minimum absolute atomic E-state index is 0.127. The molecule has 2 aliphatic rings. The third-order valence-electron chi connectivity index (χ3n) is 3.87. The number of piperidine rings is 2. The molecule has 2 aliphatic heterocycles. The Morgan fingerprint density at radius 3 is 2.61 bits per heavy atom. The summed E-state index contributed by atoms with van der Waals surface area (Å²) in [6.07, 6.45) is 6.08. The Hall–Kier alpha value is -0.800. The Kier molecular flexibility index (Phi) is 3.44. The highest BCUT2D eigenvalue weighted by Crippen LogP contribution is 2.29. The molecule has 1 N–H and O–H groups in total. The summed E-state index contributed by atoms with van der Waals surface area (Å²) in [5, 5.41) is 3.75. The predicted molar refractivity (Wildman–Crippen MR) is 69.6 cm³/mol. The molecule has 2 saturated heterocycles. The number of hydrogen-bond donors (Lipinski definition) is 1. The van der Waals surface area contributed by atoms with E-state index in [1.807, 2.05) is 0 Å². The molecule has 0 radical (unpaired) electrons. The van der Waals surface area contributed by atoms with Crippen LogP contribution in [-0.2, 0) is 0 Å². The third-order valence-corrected chi connectivity index (χ3v) is 4.15. The average molecular weight is 270 g/mol. The molecule has 0 amide bonds. The summed E-state index contributed by atoms with van der Waals surface area (Å²) in [4.78, 5) is 0. The largest absolute Gasteiger partial charge is 0.490 e. The van der Waals surface area contributed by atoms with Gasteiger partial charge in [0.15, 0.2) is 0 Å². The Bertz CT molecular complexity index is 428. The first-order valence-corrected chi connectivity index (χ1v) is 6.96. The van der Waals surface area contributed by atoms with Crippen LogP contribution in [0.5, 0.6) is 5.75 Å². The number of hydrogen-bond acceptors (Lipinski definition) is 2. The van der Waals surface area contributed by atoms with E-state index in [1.165, 1.54) is 25.3 Å². The van der Waals surface area contributed by atoms with E-state index in [0.29, 0.717) is 17.8 Å². The van der Waals surface area contributed by atoms with Crippen LogP contribution in [0.3, 0.4) is 0 Å². The molecule has 18 heavy (non-hydrogen) atoms.